The number of rotatable bonds is 5. The third-order valence-electron chi connectivity index (χ3n) is 3.66. The van der Waals surface area contributed by atoms with Crippen molar-refractivity contribution in [3.8, 4) is 0 Å². The zero-order chi connectivity index (χ0) is 15.2. The largest absolute Gasteiger partial charge is 0.368 e. The van der Waals surface area contributed by atoms with Gasteiger partial charge in [-0.15, -0.1) is 0 Å². The van der Waals surface area contributed by atoms with E-state index in [2.05, 4.69) is 5.32 Å². The first kappa shape index (κ1) is 15.4. The molecule has 1 aromatic carbocycles. The van der Waals surface area contributed by atoms with Crippen LogP contribution in [0.3, 0.4) is 0 Å². The molecule has 1 atom stereocenters. The van der Waals surface area contributed by atoms with Gasteiger partial charge in [0.15, 0.2) is 0 Å². The topological polar surface area (TPSA) is 75.4 Å². The predicted octanol–water partition coefficient (Wildman–Crippen LogP) is 0.434. The van der Waals surface area contributed by atoms with Gasteiger partial charge in [0, 0.05) is 12.6 Å². The number of nitrogens with two attached hydrogens (primary N) is 1. The lowest BCUT2D eigenvalue weighted by Gasteiger charge is -2.34. The van der Waals surface area contributed by atoms with E-state index in [1.165, 1.54) is 11.0 Å². The molecule has 0 bridgehead atoms. The predicted molar refractivity (Wildman–Crippen MR) is 76.9 cm³/mol. The number of hydrogen-bond acceptors (Lipinski definition) is 3. The Morgan fingerprint density at radius 1 is 1.38 bits per heavy atom. The summed E-state index contributed by atoms with van der Waals surface area (Å²) in [6, 6.07) is 6.10. The minimum atomic E-state index is -0.553. The molecule has 0 radical (unpaired) electrons. The molecule has 114 valence electrons. The molecule has 1 aliphatic rings. The smallest absolute Gasteiger partial charge is 0.237 e. The van der Waals surface area contributed by atoms with Crippen LogP contribution in [0, 0.1) is 5.82 Å². The summed E-state index contributed by atoms with van der Waals surface area (Å²) in [4.78, 5) is 25.1. The second-order valence-electron chi connectivity index (χ2n) is 5.26. The van der Waals surface area contributed by atoms with Crippen molar-refractivity contribution < 1.29 is 14.0 Å². The molecule has 5 nitrogen and oxygen atoms in total. The van der Waals surface area contributed by atoms with Gasteiger partial charge in [-0.1, -0.05) is 18.2 Å². The minimum absolute atomic E-state index is 0.0591. The van der Waals surface area contributed by atoms with Gasteiger partial charge in [-0.25, -0.2) is 4.39 Å². The number of primary amides is 1. The van der Waals surface area contributed by atoms with Crippen molar-refractivity contribution in [3.05, 3.63) is 35.6 Å². The number of carbonyl (C=O) groups excluding carboxylic acids is 2. The van der Waals surface area contributed by atoms with E-state index >= 15 is 0 Å². The van der Waals surface area contributed by atoms with Crippen LogP contribution in [-0.2, 0) is 16.0 Å². The van der Waals surface area contributed by atoms with Gasteiger partial charge in [0.1, 0.15) is 5.82 Å². The number of amides is 2. The summed E-state index contributed by atoms with van der Waals surface area (Å²) in [6.45, 7) is 1.42. The van der Waals surface area contributed by atoms with E-state index in [1.54, 1.807) is 18.2 Å². The molecule has 1 aromatic rings. The normalized spacial score (nSPS) is 18.2. The molecule has 0 spiro atoms. The van der Waals surface area contributed by atoms with Crippen LogP contribution in [0.25, 0.3) is 0 Å². The maximum atomic E-state index is 13.6. The van der Waals surface area contributed by atoms with Crippen molar-refractivity contribution in [2.45, 2.75) is 25.3 Å². The molecule has 6 heteroatoms. The third-order valence-corrected chi connectivity index (χ3v) is 3.66. The summed E-state index contributed by atoms with van der Waals surface area (Å²) in [5, 5.41) is 3.20. The van der Waals surface area contributed by atoms with Gasteiger partial charge in [0.05, 0.1) is 13.0 Å². The van der Waals surface area contributed by atoms with E-state index in [-0.39, 0.29) is 24.9 Å². The molecule has 1 aliphatic heterocycles. The second-order valence-corrected chi connectivity index (χ2v) is 5.26. The molecule has 21 heavy (non-hydrogen) atoms. The van der Waals surface area contributed by atoms with Gasteiger partial charge in [0.2, 0.25) is 11.8 Å². The average molecular weight is 293 g/mol. The molecule has 3 N–H and O–H groups in total. The van der Waals surface area contributed by atoms with Crippen molar-refractivity contribution in [1.82, 2.24) is 10.2 Å². The number of carbonyl (C=O) groups is 2. The molecule has 2 rings (SSSR count). The number of nitrogens with one attached hydrogen (secondary N) is 1. The van der Waals surface area contributed by atoms with Crippen molar-refractivity contribution in [1.29, 1.82) is 0 Å². The standard InChI is InChI=1S/C15H20FN3O2/c16-13-6-2-1-4-11(13)8-15(21)19(10-14(17)20)12-5-3-7-18-9-12/h1-2,4,6,12,18H,3,5,7-10H2,(H2,17,20). The molecule has 0 aromatic heterocycles. The highest BCUT2D eigenvalue weighted by Gasteiger charge is 2.26. The Balaban J connectivity index is 2.10. The van der Waals surface area contributed by atoms with Gasteiger partial charge in [-0.2, -0.15) is 0 Å². The van der Waals surface area contributed by atoms with Crippen LogP contribution >= 0.6 is 0 Å². The van der Waals surface area contributed by atoms with Crippen LogP contribution in [0.1, 0.15) is 18.4 Å². The number of nitrogens with zero attached hydrogens (tertiary/aromatic N) is 1. The first-order valence-electron chi connectivity index (χ1n) is 7.10. The monoisotopic (exact) mass is 293 g/mol. The molecular weight excluding hydrogens is 273 g/mol. The molecule has 0 aliphatic carbocycles. The molecule has 0 saturated carbocycles. The summed E-state index contributed by atoms with van der Waals surface area (Å²) in [6.07, 6.45) is 1.70. The first-order valence-corrected chi connectivity index (χ1v) is 7.10. The Hall–Kier alpha value is -1.95. The van der Waals surface area contributed by atoms with Crippen molar-refractivity contribution in [3.63, 3.8) is 0 Å². The lowest BCUT2D eigenvalue weighted by molar-refractivity contribution is -0.137. The summed E-state index contributed by atoms with van der Waals surface area (Å²) >= 11 is 0. The Morgan fingerprint density at radius 3 is 2.76 bits per heavy atom. The minimum Gasteiger partial charge on any atom is -0.368 e. The van der Waals surface area contributed by atoms with Crippen molar-refractivity contribution in [2.24, 2.45) is 5.73 Å². The fourth-order valence-corrected chi connectivity index (χ4v) is 2.59. The van der Waals surface area contributed by atoms with Crippen LogP contribution in [0.4, 0.5) is 4.39 Å². The van der Waals surface area contributed by atoms with Gasteiger partial charge in [0.25, 0.3) is 0 Å². The van der Waals surface area contributed by atoms with Crippen LogP contribution in [0.15, 0.2) is 24.3 Å². The fraction of sp³-hybridized carbons (Fsp3) is 0.467. The SMILES string of the molecule is NC(=O)CN(C(=O)Cc1ccccc1F)C1CCCNC1. The Kier molecular flexibility index (Phi) is 5.27. The molecule has 1 saturated heterocycles. The number of benzene rings is 1. The first-order chi connectivity index (χ1) is 10.1. The Morgan fingerprint density at radius 2 is 2.14 bits per heavy atom. The Labute approximate surface area is 123 Å². The lowest BCUT2D eigenvalue weighted by Crippen LogP contribution is -2.52. The van der Waals surface area contributed by atoms with Crippen LogP contribution in [0.5, 0.6) is 0 Å². The van der Waals surface area contributed by atoms with Crippen LogP contribution < -0.4 is 11.1 Å². The highest BCUT2D eigenvalue weighted by atomic mass is 19.1. The van der Waals surface area contributed by atoms with E-state index < -0.39 is 11.7 Å². The summed E-state index contributed by atoms with van der Waals surface area (Å²) < 4.78 is 13.6. The van der Waals surface area contributed by atoms with Crippen molar-refractivity contribution in [2.75, 3.05) is 19.6 Å². The van der Waals surface area contributed by atoms with Crippen LogP contribution in [-0.4, -0.2) is 42.4 Å². The van der Waals surface area contributed by atoms with Crippen molar-refractivity contribution >= 4 is 11.8 Å². The third kappa shape index (κ3) is 4.26. The highest BCUT2D eigenvalue weighted by molar-refractivity contribution is 5.85. The number of hydrogen-bond donors (Lipinski definition) is 2. The van der Waals surface area contributed by atoms with E-state index in [0.717, 1.165) is 19.4 Å². The molecule has 1 heterocycles. The number of piperidine rings is 1. The van der Waals surface area contributed by atoms with Crippen LogP contribution in [0.2, 0.25) is 0 Å². The van der Waals surface area contributed by atoms with E-state index in [0.29, 0.717) is 12.1 Å². The van der Waals surface area contributed by atoms with Gasteiger partial charge in [-0.05, 0) is 31.0 Å². The molecule has 1 unspecified atom stereocenters. The second kappa shape index (κ2) is 7.17. The van der Waals surface area contributed by atoms with E-state index in [1.807, 2.05) is 0 Å². The lowest BCUT2D eigenvalue weighted by atomic mass is 10.0. The molecule has 1 fully saturated rings. The zero-order valence-electron chi connectivity index (χ0n) is 11.8. The maximum Gasteiger partial charge on any atom is 0.237 e. The number of halogens is 1. The fourth-order valence-electron chi connectivity index (χ4n) is 2.59. The average Bonchev–Trinajstić information content (AvgIpc) is 2.48. The van der Waals surface area contributed by atoms with Gasteiger partial charge >= 0.3 is 0 Å². The van der Waals surface area contributed by atoms with Gasteiger partial charge in [-0.3, -0.25) is 9.59 Å². The molecular formula is C15H20FN3O2. The highest BCUT2D eigenvalue weighted by Crippen LogP contribution is 2.14. The molecule has 2 amide bonds. The summed E-state index contributed by atoms with van der Waals surface area (Å²) in [5.41, 5.74) is 5.57. The maximum absolute atomic E-state index is 13.6. The van der Waals surface area contributed by atoms with E-state index in [4.69, 9.17) is 5.73 Å². The quantitative estimate of drug-likeness (QED) is 0.827. The Bertz CT molecular complexity index is 515. The zero-order valence-corrected chi connectivity index (χ0v) is 11.8. The van der Waals surface area contributed by atoms with E-state index in [9.17, 15) is 14.0 Å². The van der Waals surface area contributed by atoms with Gasteiger partial charge < -0.3 is 16.0 Å². The summed E-state index contributed by atoms with van der Waals surface area (Å²) in [5.74, 6) is -1.23. The summed E-state index contributed by atoms with van der Waals surface area (Å²) in [7, 11) is 0.